The summed E-state index contributed by atoms with van der Waals surface area (Å²) in [5.41, 5.74) is 0.385. The van der Waals surface area contributed by atoms with Crippen LogP contribution >= 0.6 is 22.9 Å². The van der Waals surface area contributed by atoms with E-state index in [1.165, 1.54) is 11.3 Å². The fourth-order valence-corrected chi connectivity index (χ4v) is 4.26. The van der Waals surface area contributed by atoms with Gasteiger partial charge in [-0.15, -0.1) is 11.3 Å². The Morgan fingerprint density at radius 3 is 2.10 bits per heavy atom. The molecule has 1 N–H and O–H groups in total. The molecule has 0 fully saturated rings. The van der Waals surface area contributed by atoms with Gasteiger partial charge in [0.15, 0.2) is 0 Å². The fraction of sp³-hybridized carbons (Fsp3) is 0.0833. The number of esters is 1. The van der Waals surface area contributed by atoms with Gasteiger partial charge in [-0.2, -0.15) is 0 Å². The van der Waals surface area contributed by atoms with Crippen LogP contribution < -0.4 is 0 Å². The Morgan fingerprint density at radius 2 is 1.50 bits per heavy atom. The lowest BCUT2D eigenvalue weighted by Gasteiger charge is -2.26. The lowest BCUT2D eigenvalue weighted by atomic mass is 9.86. The van der Waals surface area contributed by atoms with Crippen molar-refractivity contribution in [2.24, 2.45) is 0 Å². The number of ether oxygens (including phenoxy) is 1. The van der Waals surface area contributed by atoms with Gasteiger partial charge in [-0.3, -0.25) is 0 Å². The Bertz CT molecular complexity index is 1110. The summed E-state index contributed by atoms with van der Waals surface area (Å²) in [5, 5.41) is 14.6. The van der Waals surface area contributed by atoms with Gasteiger partial charge in [-0.25, -0.2) is 9.78 Å². The second-order valence-corrected chi connectivity index (χ2v) is 7.91. The summed E-state index contributed by atoms with van der Waals surface area (Å²) in [6, 6.07) is 25.0. The highest BCUT2D eigenvalue weighted by Crippen LogP contribution is 2.33. The van der Waals surface area contributed by atoms with Crippen molar-refractivity contribution in [3.8, 4) is 10.6 Å². The first-order valence-corrected chi connectivity index (χ1v) is 10.5. The second-order valence-electron chi connectivity index (χ2n) is 6.64. The molecule has 0 atom stereocenters. The Kier molecular flexibility index (Phi) is 5.95. The molecule has 0 amide bonds. The average Bonchev–Trinajstić information content (AvgIpc) is 3.27. The molecule has 150 valence electrons. The Morgan fingerprint density at radius 1 is 0.933 bits per heavy atom. The zero-order valence-corrected chi connectivity index (χ0v) is 17.4. The predicted molar refractivity (Wildman–Crippen MR) is 118 cm³/mol. The van der Waals surface area contributed by atoms with Crippen molar-refractivity contribution in [3.05, 3.63) is 112 Å². The van der Waals surface area contributed by atoms with E-state index in [9.17, 15) is 9.90 Å². The molecule has 30 heavy (non-hydrogen) atoms. The summed E-state index contributed by atoms with van der Waals surface area (Å²) in [6.45, 7) is -0.0538. The monoisotopic (exact) mass is 435 g/mol. The lowest BCUT2D eigenvalue weighted by molar-refractivity contribution is -0.163. The van der Waals surface area contributed by atoms with Crippen molar-refractivity contribution in [1.82, 2.24) is 4.98 Å². The maximum Gasteiger partial charge on any atom is 0.348 e. The van der Waals surface area contributed by atoms with Gasteiger partial charge >= 0.3 is 5.97 Å². The van der Waals surface area contributed by atoms with Gasteiger partial charge in [0.25, 0.3) is 0 Å². The number of benzene rings is 3. The molecule has 1 heterocycles. The van der Waals surface area contributed by atoms with Crippen LogP contribution in [0.15, 0.2) is 90.3 Å². The van der Waals surface area contributed by atoms with Crippen LogP contribution in [0, 0.1) is 0 Å². The Balaban J connectivity index is 1.57. The van der Waals surface area contributed by atoms with Gasteiger partial charge in [0, 0.05) is 10.9 Å². The van der Waals surface area contributed by atoms with Crippen molar-refractivity contribution < 1.29 is 14.6 Å². The third-order valence-electron chi connectivity index (χ3n) is 4.69. The highest BCUT2D eigenvalue weighted by Gasteiger charge is 2.41. The zero-order chi connectivity index (χ0) is 21.0. The smallest absolute Gasteiger partial charge is 0.348 e. The number of aromatic nitrogens is 1. The third kappa shape index (κ3) is 4.00. The fourth-order valence-electron chi connectivity index (χ4n) is 3.14. The molecule has 0 aliphatic carbocycles. The number of halogens is 1. The molecule has 4 aromatic rings. The topological polar surface area (TPSA) is 59.4 Å². The van der Waals surface area contributed by atoms with E-state index in [1.807, 2.05) is 35.7 Å². The normalized spacial score (nSPS) is 11.3. The molecular weight excluding hydrogens is 418 g/mol. The van der Waals surface area contributed by atoms with E-state index in [0.717, 1.165) is 10.6 Å². The first kappa shape index (κ1) is 20.3. The molecule has 0 aliphatic heterocycles. The van der Waals surface area contributed by atoms with Crippen LogP contribution in [0.3, 0.4) is 0 Å². The van der Waals surface area contributed by atoms with Crippen LogP contribution in [0.4, 0.5) is 0 Å². The number of nitrogens with zero attached hydrogens (tertiary/aromatic N) is 1. The van der Waals surface area contributed by atoms with E-state index in [2.05, 4.69) is 4.98 Å². The number of hydrogen-bond donors (Lipinski definition) is 1. The average molecular weight is 436 g/mol. The molecule has 3 aromatic carbocycles. The molecule has 4 nitrogen and oxygen atoms in total. The second kappa shape index (κ2) is 8.79. The Hall–Kier alpha value is -2.99. The van der Waals surface area contributed by atoms with E-state index >= 15 is 0 Å². The first-order chi connectivity index (χ1) is 14.6. The third-order valence-corrected chi connectivity index (χ3v) is 5.94. The molecule has 4 rings (SSSR count). The molecule has 6 heteroatoms. The SMILES string of the molecule is O=C(OCc1csc(-c2ccccc2Cl)n1)C(O)(c1ccccc1)c1ccccc1. The molecule has 0 aliphatic rings. The van der Waals surface area contributed by atoms with Crippen LogP contribution in [0.1, 0.15) is 16.8 Å². The molecule has 0 bridgehead atoms. The number of carbonyl (C=O) groups is 1. The summed E-state index contributed by atoms with van der Waals surface area (Å²) in [4.78, 5) is 17.6. The molecular formula is C24H18ClNO3S. The zero-order valence-electron chi connectivity index (χ0n) is 15.9. The van der Waals surface area contributed by atoms with E-state index in [4.69, 9.17) is 16.3 Å². The standard InChI is InChI=1S/C24H18ClNO3S/c25-21-14-8-7-13-20(21)22-26-19(16-30-22)15-29-23(27)24(28,17-9-3-1-4-10-17)18-11-5-2-6-12-18/h1-14,16,28H,15H2. The van der Waals surface area contributed by atoms with Gasteiger partial charge in [0.1, 0.15) is 11.6 Å². The molecule has 0 radical (unpaired) electrons. The predicted octanol–water partition coefficient (Wildman–Crippen LogP) is 5.44. The van der Waals surface area contributed by atoms with Gasteiger partial charge in [0.05, 0.1) is 10.7 Å². The van der Waals surface area contributed by atoms with Crippen LogP contribution in [-0.2, 0) is 21.7 Å². The summed E-state index contributed by atoms with van der Waals surface area (Å²) in [6.07, 6.45) is 0. The van der Waals surface area contributed by atoms with Gasteiger partial charge in [-0.05, 0) is 17.2 Å². The summed E-state index contributed by atoms with van der Waals surface area (Å²) in [5.74, 6) is -0.757. The van der Waals surface area contributed by atoms with Crippen molar-refractivity contribution in [2.45, 2.75) is 12.2 Å². The number of hydrogen-bond acceptors (Lipinski definition) is 5. The minimum absolute atomic E-state index is 0.0538. The number of rotatable bonds is 6. The molecule has 0 saturated heterocycles. The maximum atomic E-state index is 13.1. The van der Waals surface area contributed by atoms with Crippen LogP contribution in [0.25, 0.3) is 10.6 Å². The number of carbonyl (C=O) groups excluding carboxylic acids is 1. The van der Waals surface area contributed by atoms with Crippen molar-refractivity contribution in [1.29, 1.82) is 0 Å². The first-order valence-electron chi connectivity index (χ1n) is 9.29. The Labute approximate surface area is 183 Å². The largest absolute Gasteiger partial charge is 0.456 e. The number of aliphatic hydroxyl groups is 1. The van der Waals surface area contributed by atoms with Crippen LogP contribution in [-0.4, -0.2) is 16.1 Å². The van der Waals surface area contributed by atoms with Crippen molar-refractivity contribution >= 4 is 28.9 Å². The molecule has 0 saturated carbocycles. The van der Waals surface area contributed by atoms with E-state index in [1.54, 1.807) is 54.6 Å². The number of thiazole rings is 1. The van der Waals surface area contributed by atoms with Gasteiger partial charge in [0.2, 0.25) is 5.60 Å². The van der Waals surface area contributed by atoms with E-state index < -0.39 is 11.6 Å². The van der Waals surface area contributed by atoms with E-state index in [-0.39, 0.29) is 6.61 Å². The molecule has 0 spiro atoms. The van der Waals surface area contributed by atoms with Gasteiger partial charge in [-0.1, -0.05) is 90.5 Å². The molecule has 1 aromatic heterocycles. The summed E-state index contributed by atoms with van der Waals surface area (Å²) >= 11 is 7.66. The van der Waals surface area contributed by atoms with Crippen molar-refractivity contribution in [2.75, 3.05) is 0 Å². The summed E-state index contributed by atoms with van der Waals surface area (Å²) < 4.78 is 5.50. The highest BCUT2D eigenvalue weighted by atomic mass is 35.5. The lowest BCUT2D eigenvalue weighted by Crippen LogP contribution is -2.38. The van der Waals surface area contributed by atoms with E-state index in [0.29, 0.717) is 21.8 Å². The van der Waals surface area contributed by atoms with Crippen LogP contribution in [0.2, 0.25) is 5.02 Å². The quantitative estimate of drug-likeness (QED) is 0.409. The maximum absolute atomic E-state index is 13.1. The van der Waals surface area contributed by atoms with Crippen LogP contribution in [0.5, 0.6) is 0 Å². The summed E-state index contributed by atoms with van der Waals surface area (Å²) in [7, 11) is 0. The minimum atomic E-state index is -1.91. The van der Waals surface area contributed by atoms with Crippen molar-refractivity contribution in [3.63, 3.8) is 0 Å². The van der Waals surface area contributed by atoms with Gasteiger partial charge < -0.3 is 9.84 Å². The molecule has 0 unspecified atom stereocenters. The highest BCUT2D eigenvalue weighted by molar-refractivity contribution is 7.13. The minimum Gasteiger partial charge on any atom is -0.456 e.